The normalized spacial score (nSPS) is 15.9. The number of unbranched alkanes of at least 4 members (excludes halogenated alkanes) is 13. The summed E-state index contributed by atoms with van der Waals surface area (Å²) in [7, 11) is 0. The quantitative estimate of drug-likeness (QED) is 0.0371. The van der Waals surface area contributed by atoms with Crippen molar-refractivity contribution in [3.8, 4) is 0 Å². The first-order chi connectivity index (χ1) is 22.2. The van der Waals surface area contributed by atoms with Gasteiger partial charge in [-0.3, -0.25) is 0 Å². The summed E-state index contributed by atoms with van der Waals surface area (Å²) in [6, 6.07) is 0. The van der Waals surface area contributed by atoms with Gasteiger partial charge in [0, 0.05) is 10.3 Å². The molecule has 50 heavy (non-hydrogen) atoms. The van der Waals surface area contributed by atoms with E-state index in [1.165, 1.54) is 12.8 Å². The summed E-state index contributed by atoms with van der Waals surface area (Å²) < 4.78 is 282. The Bertz CT molecular complexity index is 1010. The summed E-state index contributed by atoms with van der Waals surface area (Å²) in [6.45, 7) is 2.09. The van der Waals surface area contributed by atoms with Crippen LogP contribution in [0, 0.1) is 0 Å². The first-order valence-electron chi connectivity index (χ1n) is 15.3. The van der Waals surface area contributed by atoms with E-state index < -0.39 is 76.2 Å². The van der Waals surface area contributed by atoms with E-state index in [2.05, 4.69) is 6.92 Å². The van der Waals surface area contributed by atoms with Crippen molar-refractivity contribution in [1.29, 1.82) is 0 Å². The van der Waals surface area contributed by atoms with Gasteiger partial charge in [-0.25, -0.2) is 0 Å². The Balaban J connectivity index is 5.56. The lowest BCUT2D eigenvalue weighted by Gasteiger charge is -2.44. The zero-order valence-corrected chi connectivity index (χ0v) is 28.4. The monoisotopic (exact) mass is 898 g/mol. The molecule has 0 heterocycles. The van der Waals surface area contributed by atoms with Crippen LogP contribution in [-0.4, -0.2) is 63.4 Å². The number of alkyl halides is 22. The highest BCUT2D eigenvalue weighted by atomic mass is 127. The zero-order chi connectivity index (χ0) is 39.9. The molecule has 1 atom stereocenters. The molecule has 0 aromatic heterocycles. The van der Waals surface area contributed by atoms with Crippen molar-refractivity contribution in [2.75, 3.05) is 0 Å². The van der Waals surface area contributed by atoms with E-state index in [-0.39, 0.29) is 12.8 Å². The highest BCUT2D eigenvalue weighted by molar-refractivity contribution is 14.1. The van der Waals surface area contributed by atoms with E-state index >= 15 is 0 Å². The van der Waals surface area contributed by atoms with Gasteiger partial charge in [0.2, 0.25) is 0 Å². The Hall–Kier alpha value is -0.740. The van der Waals surface area contributed by atoms with Gasteiger partial charge in [-0.1, -0.05) is 119 Å². The van der Waals surface area contributed by atoms with Gasteiger partial charge >= 0.3 is 59.5 Å². The molecule has 0 aromatic rings. The number of halogens is 22. The lowest BCUT2D eigenvalue weighted by atomic mass is 9.85. The number of hydrogen-bond donors (Lipinski definition) is 0. The molecule has 0 rings (SSSR count). The van der Waals surface area contributed by atoms with Crippen molar-refractivity contribution >= 4 is 22.6 Å². The third-order valence-electron chi connectivity index (χ3n) is 7.92. The molecule has 0 spiro atoms. The largest absolute Gasteiger partial charge is 0.460 e. The SMILES string of the molecule is CCCCCCCCCCCCCCCCC(I)CC(F)(F)C(F)(F)C(F)(F)C(F)(F)C(F)(F)C(F)(F)C(F)(F)C(F)(F)C(F)(F)C(F)(F)F. The topological polar surface area (TPSA) is 0 Å². The van der Waals surface area contributed by atoms with Gasteiger partial charge in [-0.15, -0.1) is 0 Å². The lowest BCUT2D eigenvalue weighted by molar-refractivity contribution is -0.474. The van der Waals surface area contributed by atoms with Crippen molar-refractivity contribution in [3.63, 3.8) is 0 Å². The van der Waals surface area contributed by atoms with Gasteiger partial charge < -0.3 is 0 Å². The van der Waals surface area contributed by atoms with Gasteiger partial charge in [0.25, 0.3) is 0 Å². The van der Waals surface area contributed by atoms with Crippen LogP contribution in [0.4, 0.5) is 92.2 Å². The maximum atomic E-state index is 14.3. The van der Waals surface area contributed by atoms with Gasteiger partial charge in [0.05, 0.1) is 0 Å². The Morgan fingerprint density at radius 2 is 0.580 bits per heavy atom. The predicted octanol–water partition coefficient (Wildman–Crippen LogP) is 14.3. The van der Waals surface area contributed by atoms with Crippen LogP contribution >= 0.6 is 22.6 Å². The number of rotatable bonds is 25. The Morgan fingerprint density at radius 1 is 0.340 bits per heavy atom. The minimum Gasteiger partial charge on any atom is -0.200 e. The molecule has 0 saturated heterocycles. The minimum atomic E-state index is -9.14. The molecule has 22 heteroatoms. The second-order valence-electron chi connectivity index (χ2n) is 12.0. The van der Waals surface area contributed by atoms with Gasteiger partial charge in [-0.05, 0) is 6.42 Å². The Labute approximate surface area is 287 Å². The van der Waals surface area contributed by atoms with E-state index in [4.69, 9.17) is 0 Å². The Morgan fingerprint density at radius 3 is 0.860 bits per heavy atom. The molecular weight excluding hydrogens is 862 g/mol. The highest BCUT2D eigenvalue weighted by Crippen LogP contribution is 2.66. The van der Waals surface area contributed by atoms with E-state index in [9.17, 15) is 92.2 Å². The molecule has 0 aliphatic heterocycles. The van der Waals surface area contributed by atoms with Crippen molar-refractivity contribution in [3.05, 3.63) is 0 Å². The smallest absolute Gasteiger partial charge is 0.200 e. The molecule has 0 fully saturated rings. The summed E-state index contributed by atoms with van der Waals surface area (Å²) in [4.78, 5) is 0. The van der Waals surface area contributed by atoms with Crippen LogP contribution < -0.4 is 0 Å². The summed E-state index contributed by atoms with van der Waals surface area (Å²) in [5.74, 6) is -76.4. The van der Waals surface area contributed by atoms with E-state index in [0.717, 1.165) is 74.0 Å². The first kappa shape index (κ1) is 49.3. The highest BCUT2D eigenvalue weighted by Gasteiger charge is 2.97. The average Bonchev–Trinajstić information content (AvgIpc) is 2.95. The van der Waals surface area contributed by atoms with Crippen molar-refractivity contribution in [1.82, 2.24) is 0 Å². The third-order valence-corrected chi connectivity index (χ3v) is 8.99. The second-order valence-corrected chi connectivity index (χ2v) is 13.7. The zero-order valence-electron chi connectivity index (χ0n) is 26.2. The maximum absolute atomic E-state index is 14.3. The predicted molar refractivity (Wildman–Crippen MR) is 148 cm³/mol. The minimum absolute atomic E-state index is 0.0320. The van der Waals surface area contributed by atoms with Crippen molar-refractivity contribution < 1.29 is 92.2 Å². The van der Waals surface area contributed by atoms with Crippen LogP contribution in [-0.2, 0) is 0 Å². The molecule has 0 saturated carbocycles. The van der Waals surface area contributed by atoms with Crippen LogP contribution in [0.25, 0.3) is 0 Å². The van der Waals surface area contributed by atoms with E-state index in [0.29, 0.717) is 12.8 Å². The molecular formula is C28H36F21I. The van der Waals surface area contributed by atoms with Crippen LogP contribution in [0.2, 0.25) is 0 Å². The second kappa shape index (κ2) is 17.6. The number of hydrogen-bond acceptors (Lipinski definition) is 0. The molecule has 0 radical (unpaired) electrons. The van der Waals surface area contributed by atoms with Crippen molar-refractivity contribution in [2.45, 2.75) is 173 Å². The molecule has 0 N–H and O–H groups in total. The van der Waals surface area contributed by atoms with Gasteiger partial charge in [-0.2, -0.15) is 92.2 Å². The van der Waals surface area contributed by atoms with Crippen LogP contribution in [0.1, 0.15) is 110 Å². The standard InChI is InChI=1S/C28H36F21I/c1-2-3-4-5-6-7-8-9-10-11-12-13-14-15-16-18(50)17-19(29,30)20(31,32)21(33,34)22(35,36)23(37,38)24(39,40)25(41,42)26(43,44)27(45,46)28(47,48)49/h18H,2-17H2,1H3. The molecule has 0 aliphatic rings. The molecule has 0 aliphatic carbocycles. The Kier molecular flexibility index (Phi) is 17.3. The first-order valence-corrected chi connectivity index (χ1v) is 16.6. The van der Waals surface area contributed by atoms with E-state index in [1.807, 2.05) is 0 Å². The van der Waals surface area contributed by atoms with Crippen LogP contribution in [0.3, 0.4) is 0 Å². The van der Waals surface area contributed by atoms with Crippen LogP contribution in [0.5, 0.6) is 0 Å². The fourth-order valence-electron chi connectivity index (χ4n) is 4.66. The van der Waals surface area contributed by atoms with Gasteiger partial charge in [0.15, 0.2) is 0 Å². The summed E-state index contributed by atoms with van der Waals surface area (Å²) in [5, 5.41) is 0. The van der Waals surface area contributed by atoms with E-state index in [1.54, 1.807) is 0 Å². The lowest BCUT2D eigenvalue weighted by Crippen LogP contribution is -2.76. The molecule has 0 nitrogen and oxygen atoms in total. The fraction of sp³-hybridized carbons (Fsp3) is 1.00. The summed E-state index contributed by atoms with van der Waals surface area (Å²) >= 11 is 0.956. The fourth-order valence-corrected chi connectivity index (χ4v) is 5.65. The molecule has 0 bridgehead atoms. The average molecular weight is 898 g/mol. The third kappa shape index (κ3) is 9.86. The summed E-state index contributed by atoms with van der Waals surface area (Å²) in [5.41, 5.74) is 0. The van der Waals surface area contributed by atoms with Gasteiger partial charge in [0.1, 0.15) is 0 Å². The van der Waals surface area contributed by atoms with Crippen molar-refractivity contribution in [2.24, 2.45) is 0 Å². The molecule has 0 amide bonds. The molecule has 1 unspecified atom stereocenters. The molecule has 0 aromatic carbocycles. The maximum Gasteiger partial charge on any atom is 0.460 e. The summed E-state index contributed by atoms with van der Waals surface area (Å²) in [6.07, 6.45) is 0.847. The molecule has 302 valence electrons. The van der Waals surface area contributed by atoms with Crippen LogP contribution in [0.15, 0.2) is 0 Å².